The molecule has 2 amide bonds. The lowest BCUT2D eigenvalue weighted by Gasteiger charge is -2.48. The molecule has 2 atom stereocenters. The summed E-state index contributed by atoms with van der Waals surface area (Å²) in [7, 11) is 1.82. The molecule has 32 heavy (non-hydrogen) atoms. The van der Waals surface area contributed by atoms with Crippen LogP contribution in [-0.2, 0) is 4.74 Å². The number of fused-ring (bicyclic) bond motifs is 1. The Morgan fingerprint density at radius 3 is 1.88 bits per heavy atom. The molecule has 2 unspecified atom stereocenters. The second kappa shape index (κ2) is 10.9. The molecule has 0 aromatic heterocycles. The van der Waals surface area contributed by atoms with E-state index in [-0.39, 0.29) is 17.9 Å². The number of nitrogens with zero attached hydrogens (tertiary/aromatic N) is 2. The van der Waals surface area contributed by atoms with Crippen LogP contribution in [0.2, 0.25) is 0 Å². The van der Waals surface area contributed by atoms with Crippen LogP contribution < -0.4 is 0 Å². The largest absolute Gasteiger partial charge is 0.380 e. The summed E-state index contributed by atoms with van der Waals surface area (Å²) < 4.78 is 5.90. The van der Waals surface area contributed by atoms with Crippen molar-refractivity contribution >= 4 is 11.8 Å². The van der Waals surface area contributed by atoms with E-state index in [4.69, 9.17) is 4.74 Å². The van der Waals surface area contributed by atoms with E-state index in [1.165, 1.54) is 69.1 Å². The Morgan fingerprint density at radius 2 is 1.41 bits per heavy atom. The number of carbonyl (C=O) groups excluding carboxylic acids is 2. The van der Waals surface area contributed by atoms with Gasteiger partial charge in [0.1, 0.15) is 0 Å². The molecule has 1 heterocycles. The Labute approximate surface area is 193 Å². The smallest absolute Gasteiger partial charge is 0.261 e. The van der Waals surface area contributed by atoms with Gasteiger partial charge in [-0.15, -0.1) is 0 Å². The monoisotopic (exact) mass is 440 g/mol. The van der Waals surface area contributed by atoms with Crippen LogP contribution in [-0.4, -0.2) is 59.5 Å². The average molecular weight is 441 g/mol. The molecule has 0 N–H and O–H groups in total. The second-order valence-electron chi connectivity index (χ2n) is 9.99. The van der Waals surface area contributed by atoms with Gasteiger partial charge in [0, 0.05) is 31.8 Å². The van der Waals surface area contributed by atoms with Crippen molar-refractivity contribution < 1.29 is 14.3 Å². The molecule has 2 saturated carbocycles. The van der Waals surface area contributed by atoms with Crippen molar-refractivity contribution in [2.24, 2.45) is 0 Å². The van der Waals surface area contributed by atoms with E-state index in [0.29, 0.717) is 35.8 Å². The van der Waals surface area contributed by atoms with E-state index in [0.717, 1.165) is 12.8 Å². The third-order valence-electron chi connectivity index (χ3n) is 8.05. The third-order valence-corrected chi connectivity index (χ3v) is 8.05. The molecule has 1 aromatic rings. The Balaban J connectivity index is 1.46. The Kier molecular flexibility index (Phi) is 8.01. The molecule has 0 saturated heterocycles. The van der Waals surface area contributed by atoms with Gasteiger partial charge >= 0.3 is 0 Å². The number of amides is 2. The van der Waals surface area contributed by atoms with Gasteiger partial charge in [-0.2, -0.15) is 0 Å². The van der Waals surface area contributed by atoms with Gasteiger partial charge in [0.05, 0.1) is 17.2 Å². The molecule has 0 bridgehead atoms. The standard InChI is InChI=1S/C27H40N2O3/c1-20(32-2)25(29(21-12-5-3-6-13-21)22-14-7-4-8-15-22)18-11-19-28-26(30)23-16-9-10-17-24(23)27(28)31/h9-10,16-17,20-22,25H,3-8,11-15,18-19H2,1-2H3. The first kappa shape index (κ1) is 23.4. The predicted octanol–water partition coefficient (Wildman–Crippen LogP) is 5.43. The molecule has 0 spiro atoms. The lowest BCUT2D eigenvalue weighted by molar-refractivity contribution is -0.0384. The van der Waals surface area contributed by atoms with Crippen LogP contribution in [0.15, 0.2) is 24.3 Å². The van der Waals surface area contributed by atoms with Crippen LogP contribution in [0.4, 0.5) is 0 Å². The summed E-state index contributed by atoms with van der Waals surface area (Å²) in [6.07, 6.45) is 15.1. The first-order valence-corrected chi connectivity index (χ1v) is 12.9. The number of benzene rings is 1. The third kappa shape index (κ3) is 4.94. The molecule has 5 nitrogen and oxygen atoms in total. The zero-order valence-corrected chi connectivity index (χ0v) is 19.9. The van der Waals surface area contributed by atoms with Crippen molar-refractivity contribution in [3.63, 3.8) is 0 Å². The van der Waals surface area contributed by atoms with Crippen LogP contribution in [0.3, 0.4) is 0 Å². The van der Waals surface area contributed by atoms with Crippen LogP contribution in [0, 0.1) is 0 Å². The Hall–Kier alpha value is -1.72. The number of hydrogen-bond donors (Lipinski definition) is 0. The highest BCUT2D eigenvalue weighted by Gasteiger charge is 2.38. The van der Waals surface area contributed by atoms with Crippen molar-refractivity contribution in [2.45, 2.75) is 108 Å². The quantitative estimate of drug-likeness (QED) is 0.480. The van der Waals surface area contributed by atoms with Gasteiger partial charge in [0.2, 0.25) is 0 Å². The molecular weight excluding hydrogens is 400 g/mol. The normalized spacial score (nSPS) is 22.4. The van der Waals surface area contributed by atoms with E-state index in [9.17, 15) is 9.59 Å². The van der Waals surface area contributed by atoms with Gasteiger partial charge in [-0.25, -0.2) is 0 Å². The molecule has 0 radical (unpaired) electrons. The summed E-state index contributed by atoms with van der Waals surface area (Å²) >= 11 is 0. The summed E-state index contributed by atoms with van der Waals surface area (Å²) in [4.78, 5) is 29.8. The minimum atomic E-state index is -0.140. The summed E-state index contributed by atoms with van der Waals surface area (Å²) in [6.45, 7) is 2.69. The summed E-state index contributed by atoms with van der Waals surface area (Å²) in [6, 6.07) is 8.81. The summed E-state index contributed by atoms with van der Waals surface area (Å²) in [5, 5.41) is 0. The maximum atomic E-state index is 12.8. The van der Waals surface area contributed by atoms with Crippen molar-refractivity contribution in [2.75, 3.05) is 13.7 Å². The van der Waals surface area contributed by atoms with Gasteiger partial charge in [-0.05, 0) is 57.6 Å². The highest BCUT2D eigenvalue weighted by atomic mass is 16.5. The fourth-order valence-corrected chi connectivity index (χ4v) is 6.28. The lowest BCUT2D eigenvalue weighted by Crippen LogP contribution is -2.55. The van der Waals surface area contributed by atoms with Crippen molar-refractivity contribution in [3.05, 3.63) is 35.4 Å². The first-order chi connectivity index (χ1) is 15.6. The van der Waals surface area contributed by atoms with Crippen LogP contribution in [0.25, 0.3) is 0 Å². The van der Waals surface area contributed by atoms with Crippen molar-refractivity contribution in [1.82, 2.24) is 9.80 Å². The van der Waals surface area contributed by atoms with E-state index in [1.807, 2.05) is 19.2 Å². The number of imide groups is 1. The van der Waals surface area contributed by atoms with Crippen LogP contribution >= 0.6 is 0 Å². The highest BCUT2D eigenvalue weighted by Crippen LogP contribution is 2.34. The molecule has 176 valence electrons. The Bertz CT molecular complexity index is 730. The maximum Gasteiger partial charge on any atom is 0.261 e. The van der Waals surface area contributed by atoms with E-state index >= 15 is 0 Å². The number of rotatable bonds is 9. The summed E-state index contributed by atoms with van der Waals surface area (Å²) in [5.74, 6) is -0.281. The second-order valence-corrected chi connectivity index (χ2v) is 9.99. The van der Waals surface area contributed by atoms with Crippen molar-refractivity contribution in [3.8, 4) is 0 Å². The average Bonchev–Trinajstić information content (AvgIpc) is 3.09. The van der Waals surface area contributed by atoms with Gasteiger partial charge in [-0.1, -0.05) is 50.7 Å². The minimum Gasteiger partial charge on any atom is -0.380 e. The number of hydrogen-bond acceptors (Lipinski definition) is 4. The van der Waals surface area contributed by atoms with Crippen LogP contribution in [0.5, 0.6) is 0 Å². The van der Waals surface area contributed by atoms with E-state index < -0.39 is 0 Å². The van der Waals surface area contributed by atoms with Crippen LogP contribution in [0.1, 0.15) is 105 Å². The van der Waals surface area contributed by atoms with E-state index in [2.05, 4.69) is 11.8 Å². The minimum absolute atomic E-state index is 0.140. The Morgan fingerprint density at radius 1 is 0.906 bits per heavy atom. The molecule has 3 aliphatic rings. The molecule has 1 aromatic carbocycles. The summed E-state index contributed by atoms with van der Waals surface area (Å²) in [5.41, 5.74) is 1.09. The molecular formula is C27H40N2O3. The number of carbonyl (C=O) groups is 2. The molecule has 4 rings (SSSR count). The molecule has 2 fully saturated rings. The molecule has 1 aliphatic heterocycles. The number of methoxy groups -OCH3 is 1. The lowest BCUT2D eigenvalue weighted by atomic mass is 9.85. The van der Waals surface area contributed by atoms with Gasteiger partial charge in [0.25, 0.3) is 11.8 Å². The zero-order chi connectivity index (χ0) is 22.5. The van der Waals surface area contributed by atoms with Gasteiger partial charge < -0.3 is 4.74 Å². The van der Waals surface area contributed by atoms with Crippen molar-refractivity contribution in [1.29, 1.82) is 0 Å². The molecule has 5 heteroatoms. The molecule has 2 aliphatic carbocycles. The SMILES string of the molecule is COC(C)C(CCCN1C(=O)c2ccccc2C1=O)N(C1CCCCC1)C1CCCCC1. The first-order valence-electron chi connectivity index (χ1n) is 12.9. The topological polar surface area (TPSA) is 49.9 Å². The maximum absolute atomic E-state index is 12.8. The fraction of sp³-hybridized carbons (Fsp3) is 0.704. The van der Waals surface area contributed by atoms with Gasteiger partial charge in [-0.3, -0.25) is 19.4 Å². The highest BCUT2D eigenvalue weighted by molar-refractivity contribution is 6.21. The fourth-order valence-electron chi connectivity index (χ4n) is 6.28. The van der Waals surface area contributed by atoms with Gasteiger partial charge in [0.15, 0.2) is 0 Å². The predicted molar refractivity (Wildman–Crippen MR) is 127 cm³/mol. The number of ether oxygens (including phenoxy) is 1. The van der Waals surface area contributed by atoms with E-state index in [1.54, 1.807) is 12.1 Å². The zero-order valence-electron chi connectivity index (χ0n) is 19.9.